The second kappa shape index (κ2) is 10.9. The molecule has 0 fully saturated rings. The summed E-state index contributed by atoms with van der Waals surface area (Å²) in [5.41, 5.74) is 3.00. The molecule has 0 heteroatoms. The average Bonchev–Trinajstić information content (AvgIpc) is 2.65. The van der Waals surface area contributed by atoms with Crippen LogP contribution in [0.5, 0.6) is 0 Å². The van der Waals surface area contributed by atoms with Crippen molar-refractivity contribution in [3.05, 3.63) is 83.9 Å². The van der Waals surface area contributed by atoms with Crippen molar-refractivity contribution in [1.29, 1.82) is 0 Å². The Labute approximate surface area is 148 Å². The monoisotopic (exact) mass is 320 g/mol. The molecule has 0 saturated carbocycles. The number of unbranched alkanes of at least 4 members (excludes halogenated alkanes) is 1. The Morgan fingerprint density at radius 2 is 1.25 bits per heavy atom. The maximum Gasteiger partial charge on any atom is -0.00930 e. The van der Waals surface area contributed by atoms with E-state index in [1.807, 2.05) is 0 Å². The first-order chi connectivity index (χ1) is 11.9. The van der Waals surface area contributed by atoms with Crippen LogP contribution in [0.2, 0.25) is 0 Å². The molecule has 0 radical (unpaired) electrons. The molecule has 0 aromatic heterocycles. The first kappa shape index (κ1) is 18.5. The lowest BCUT2D eigenvalue weighted by atomic mass is 9.76. The topological polar surface area (TPSA) is 0 Å². The Bertz CT molecular complexity index is 568. The number of hydrogen-bond donors (Lipinski definition) is 0. The van der Waals surface area contributed by atoms with Crippen LogP contribution in [0.3, 0.4) is 0 Å². The largest absolute Gasteiger partial charge is 0.0888 e. The van der Waals surface area contributed by atoms with Crippen molar-refractivity contribution in [3.63, 3.8) is 0 Å². The third kappa shape index (κ3) is 5.67. The van der Waals surface area contributed by atoms with E-state index in [9.17, 15) is 0 Å². The van der Waals surface area contributed by atoms with E-state index < -0.39 is 0 Å². The van der Waals surface area contributed by atoms with Crippen molar-refractivity contribution in [3.8, 4) is 0 Å². The van der Waals surface area contributed by atoms with E-state index in [2.05, 4.69) is 86.7 Å². The molecule has 2 unspecified atom stereocenters. The van der Waals surface area contributed by atoms with Gasteiger partial charge < -0.3 is 0 Å². The van der Waals surface area contributed by atoms with E-state index in [-0.39, 0.29) is 0 Å². The van der Waals surface area contributed by atoms with Gasteiger partial charge in [-0.1, -0.05) is 93.1 Å². The maximum atomic E-state index is 2.35. The van der Waals surface area contributed by atoms with E-state index in [0.717, 1.165) is 6.42 Å². The zero-order valence-electron chi connectivity index (χ0n) is 15.3. The molecule has 0 amide bonds. The van der Waals surface area contributed by atoms with Crippen molar-refractivity contribution in [2.24, 2.45) is 0 Å². The molecule has 0 nitrogen and oxygen atoms in total. The second-order valence-electron chi connectivity index (χ2n) is 6.63. The van der Waals surface area contributed by atoms with Crippen LogP contribution in [-0.2, 0) is 0 Å². The quantitative estimate of drug-likeness (QED) is 0.314. The summed E-state index contributed by atoms with van der Waals surface area (Å²) in [4.78, 5) is 0. The Kier molecular flexibility index (Phi) is 8.38. The highest BCUT2D eigenvalue weighted by Gasteiger charge is 2.23. The molecule has 128 valence electrons. The molecular formula is C24H32. The van der Waals surface area contributed by atoms with Gasteiger partial charge in [-0.3, -0.25) is 0 Å². The van der Waals surface area contributed by atoms with Crippen molar-refractivity contribution in [1.82, 2.24) is 0 Å². The summed E-state index contributed by atoms with van der Waals surface area (Å²) in [5.74, 6) is 1.23. The van der Waals surface area contributed by atoms with Gasteiger partial charge >= 0.3 is 0 Å². The standard InChI is InChI=1S/C24H32/c1-3-5-6-7-14-20-24(22-18-12-9-13-19-22)23(15-4-2)21-16-10-8-11-17-21/h5-6,8-13,16-19,23-24H,3-4,7,14-15,20H2,1-2H3. The molecule has 0 N–H and O–H groups in total. The van der Waals surface area contributed by atoms with Crippen molar-refractivity contribution < 1.29 is 0 Å². The van der Waals surface area contributed by atoms with Crippen LogP contribution in [-0.4, -0.2) is 0 Å². The van der Waals surface area contributed by atoms with E-state index in [1.165, 1.54) is 43.2 Å². The number of benzene rings is 2. The average molecular weight is 321 g/mol. The van der Waals surface area contributed by atoms with Gasteiger partial charge in [0.15, 0.2) is 0 Å². The Morgan fingerprint density at radius 1 is 0.708 bits per heavy atom. The van der Waals surface area contributed by atoms with Gasteiger partial charge in [-0.25, -0.2) is 0 Å². The number of allylic oxidation sites excluding steroid dienone is 2. The van der Waals surface area contributed by atoms with Gasteiger partial charge in [-0.05, 0) is 55.1 Å². The van der Waals surface area contributed by atoms with Crippen molar-refractivity contribution in [2.45, 2.75) is 64.2 Å². The van der Waals surface area contributed by atoms with Gasteiger partial charge in [0.05, 0.1) is 0 Å². The fourth-order valence-electron chi connectivity index (χ4n) is 3.65. The van der Waals surface area contributed by atoms with Crippen LogP contribution in [0.4, 0.5) is 0 Å². The molecule has 2 aromatic carbocycles. The van der Waals surface area contributed by atoms with Crippen LogP contribution in [0, 0.1) is 0 Å². The maximum absolute atomic E-state index is 2.35. The lowest BCUT2D eigenvalue weighted by Crippen LogP contribution is -2.12. The van der Waals surface area contributed by atoms with Crippen molar-refractivity contribution in [2.75, 3.05) is 0 Å². The highest BCUT2D eigenvalue weighted by atomic mass is 14.3. The summed E-state index contributed by atoms with van der Waals surface area (Å²) >= 11 is 0. The molecule has 0 bridgehead atoms. The molecule has 0 spiro atoms. The van der Waals surface area contributed by atoms with Crippen LogP contribution in [0.25, 0.3) is 0 Å². The SMILES string of the molecule is CCC=CCCCC(c1ccccc1)C(CCC)c1ccccc1. The molecule has 2 atom stereocenters. The Morgan fingerprint density at radius 3 is 1.75 bits per heavy atom. The van der Waals surface area contributed by atoms with Gasteiger partial charge in [-0.15, -0.1) is 0 Å². The third-order valence-electron chi connectivity index (χ3n) is 4.83. The minimum atomic E-state index is 0.614. The third-order valence-corrected chi connectivity index (χ3v) is 4.83. The van der Waals surface area contributed by atoms with Crippen molar-refractivity contribution >= 4 is 0 Å². The summed E-state index contributed by atoms with van der Waals surface area (Å²) < 4.78 is 0. The van der Waals surface area contributed by atoms with E-state index in [0.29, 0.717) is 11.8 Å². The summed E-state index contributed by atoms with van der Waals surface area (Å²) in [5, 5.41) is 0. The number of hydrogen-bond acceptors (Lipinski definition) is 0. The smallest absolute Gasteiger partial charge is 0.00930 e. The first-order valence-corrected chi connectivity index (χ1v) is 9.61. The van der Waals surface area contributed by atoms with E-state index in [1.54, 1.807) is 0 Å². The van der Waals surface area contributed by atoms with Gasteiger partial charge in [0.25, 0.3) is 0 Å². The summed E-state index contributed by atoms with van der Waals surface area (Å²) in [6, 6.07) is 22.3. The minimum absolute atomic E-state index is 0.614. The van der Waals surface area contributed by atoms with E-state index in [4.69, 9.17) is 0 Å². The number of rotatable bonds is 10. The molecule has 0 aliphatic rings. The molecule has 2 aromatic rings. The van der Waals surface area contributed by atoms with Crippen LogP contribution >= 0.6 is 0 Å². The predicted octanol–water partition coefficient (Wildman–Crippen LogP) is 7.49. The summed E-state index contributed by atoms with van der Waals surface area (Å²) in [7, 11) is 0. The second-order valence-corrected chi connectivity index (χ2v) is 6.63. The predicted molar refractivity (Wildman–Crippen MR) is 107 cm³/mol. The zero-order valence-corrected chi connectivity index (χ0v) is 15.3. The minimum Gasteiger partial charge on any atom is -0.0888 e. The Hall–Kier alpha value is -1.82. The molecule has 24 heavy (non-hydrogen) atoms. The molecule has 0 heterocycles. The van der Waals surface area contributed by atoms with E-state index >= 15 is 0 Å². The lowest BCUT2D eigenvalue weighted by Gasteiger charge is -2.28. The lowest BCUT2D eigenvalue weighted by molar-refractivity contribution is 0.462. The van der Waals surface area contributed by atoms with Gasteiger partial charge in [0, 0.05) is 0 Å². The molecule has 0 saturated heterocycles. The normalized spacial score (nSPS) is 13.9. The van der Waals surface area contributed by atoms with Gasteiger partial charge in [0.2, 0.25) is 0 Å². The van der Waals surface area contributed by atoms with Crippen LogP contribution in [0.15, 0.2) is 72.8 Å². The fraction of sp³-hybridized carbons (Fsp3) is 0.417. The van der Waals surface area contributed by atoms with Crippen LogP contribution < -0.4 is 0 Å². The molecule has 0 aliphatic carbocycles. The highest BCUT2D eigenvalue weighted by molar-refractivity contribution is 5.28. The highest BCUT2D eigenvalue weighted by Crippen LogP contribution is 2.39. The van der Waals surface area contributed by atoms with Crippen LogP contribution in [0.1, 0.15) is 75.3 Å². The summed E-state index contributed by atoms with van der Waals surface area (Å²) in [6.45, 7) is 4.51. The molecule has 0 aliphatic heterocycles. The molecule has 2 rings (SSSR count). The van der Waals surface area contributed by atoms with Gasteiger partial charge in [0.1, 0.15) is 0 Å². The molecular weight excluding hydrogens is 288 g/mol. The summed E-state index contributed by atoms with van der Waals surface area (Å²) in [6.07, 6.45) is 12.0. The zero-order chi connectivity index (χ0) is 17.0. The van der Waals surface area contributed by atoms with Gasteiger partial charge in [-0.2, -0.15) is 0 Å². The fourth-order valence-corrected chi connectivity index (χ4v) is 3.65. The first-order valence-electron chi connectivity index (χ1n) is 9.61. The Balaban J connectivity index is 2.20.